The first kappa shape index (κ1) is 19.3. The minimum absolute atomic E-state index is 0.129. The highest BCUT2D eigenvalue weighted by atomic mass is 35.5. The summed E-state index contributed by atoms with van der Waals surface area (Å²) in [6.07, 6.45) is 0. The number of carbonyl (C=O) groups excluding carboxylic acids is 1. The highest BCUT2D eigenvalue weighted by Crippen LogP contribution is 2.21. The smallest absolute Gasteiger partial charge is 0.255 e. The average Bonchev–Trinajstić information content (AvgIpc) is 2.72. The molecule has 0 aliphatic heterocycles. The highest BCUT2D eigenvalue weighted by Gasteiger charge is 2.11. The van der Waals surface area contributed by atoms with E-state index in [0.29, 0.717) is 24.5 Å². The van der Waals surface area contributed by atoms with Crippen molar-refractivity contribution >= 4 is 29.3 Å². The Morgan fingerprint density at radius 3 is 2.41 bits per heavy atom. The number of rotatable bonds is 8. The molecule has 0 unspecified atom stereocenters. The van der Waals surface area contributed by atoms with Crippen LogP contribution in [-0.4, -0.2) is 18.2 Å². The first-order valence-electron chi connectivity index (χ1n) is 8.65. The van der Waals surface area contributed by atoms with Crippen molar-refractivity contribution in [3.8, 4) is 5.75 Å². The van der Waals surface area contributed by atoms with Crippen LogP contribution in [0.25, 0.3) is 0 Å². The minimum Gasteiger partial charge on any atom is -0.488 e. The molecule has 0 radical (unpaired) electrons. The normalized spacial score (nSPS) is 10.4. The Labute approximate surface area is 168 Å². The van der Waals surface area contributed by atoms with E-state index in [1.165, 1.54) is 0 Å². The Kier molecular flexibility index (Phi) is 7.19. The van der Waals surface area contributed by atoms with Gasteiger partial charge < -0.3 is 10.1 Å². The van der Waals surface area contributed by atoms with Gasteiger partial charge in [0.1, 0.15) is 12.4 Å². The van der Waals surface area contributed by atoms with Gasteiger partial charge in [-0.2, -0.15) is 0 Å². The Bertz CT molecular complexity index is 869. The topological polar surface area (TPSA) is 38.3 Å². The lowest BCUT2D eigenvalue weighted by atomic mass is 10.2. The molecule has 3 nitrogen and oxygen atoms in total. The van der Waals surface area contributed by atoms with Crippen LogP contribution in [-0.2, 0) is 6.61 Å². The molecule has 3 rings (SSSR count). The van der Waals surface area contributed by atoms with E-state index in [4.69, 9.17) is 16.3 Å². The number of nitrogens with one attached hydrogen (secondary N) is 1. The SMILES string of the molecule is O=C(NCCSc1ccc(Cl)cc1)c1ccccc1OCc1ccccc1. The Balaban J connectivity index is 1.51. The number of halogens is 1. The molecule has 0 aliphatic rings. The van der Waals surface area contributed by atoms with Gasteiger partial charge in [0.25, 0.3) is 5.91 Å². The summed E-state index contributed by atoms with van der Waals surface area (Å²) in [5.41, 5.74) is 1.61. The molecule has 1 amide bonds. The summed E-state index contributed by atoms with van der Waals surface area (Å²) in [6.45, 7) is 0.997. The molecule has 3 aromatic rings. The van der Waals surface area contributed by atoms with Crippen LogP contribution >= 0.6 is 23.4 Å². The second-order valence-electron chi connectivity index (χ2n) is 5.83. The summed E-state index contributed by atoms with van der Waals surface area (Å²) < 4.78 is 5.85. The van der Waals surface area contributed by atoms with Crippen molar-refractivity contribution in [2.45, 2.75) is 11.5 Å². The third kappa shape index (κ3) is 6.05. The molecule has 0 atom stereocenters. The van der Waals surface area contributed by atoms with Gasteiger partial charge in [0.15, 0.2) is 0 Å². The molecule has 3 aromatic carbocycles. The zero-order valence-electron chi connectivity index (χ0n) is 14.7. The molecule has 0 aliphatic carbocycles. The van der Waals surface area contributed by atoms with Gasteiger partial charge in [-0.3, -0.25) is 4.79 Å². The van der Waals surface area contributed by atoms with Crippen LogP contribution in [0.15, 0.2) is 83.8 Å². The monoisotopic (exact) mass is 397 g/mol. The quantitative estimate of drug-likeness (QED) is 0.406. The summed E-state index contributed by atoms with van der Waals surface area (Å²) in [4.78, 5) is 13.6. The van der Waals surface area contributed by atoms with Gasteiger partial charge in [0.2, 0.25) is 0 Å². The van der Waals surface area contributed by atoms with E-state index in [9.17, 15) is 4.79 Å². The molecule has 1 N–H and O–H groups in total. The number of benzene rings is 3. The van der Waals surface area contributed by atoms with Crippen LogP contribution in [0.2, 0.25) is 5.02 Å². The highest BCUT2D eigenvalue weighted by molar-refractivity contribution is 7.99. The first-order chi connectivity index (χ1) is 13.2. The van der Waals surface area contributed by atoms with Crippen molar-refractivity contribution in [1.29, 1.82) is 0 Å². The summed E-state index contributed by atoms with van der Waals surface area (Å²) in [5, 5.41) is 3.68. The fourth-order valence-electron chi connectivity index (χ4n) is 2.47. The van der Waals surface area contributed by atoms with Crippen molar-refractivity contribution in [3.63, 3.8) is 0 Å². The third-order valence-corrected chi connectivity index (χ3v) is 5.10. The maximum atomic E-state index is 12.5. The largest absolute Gasteiger partial charge is 0.488 e. The number of hydrogen-bond acceptors (Lipinski definition) is 3. The van der Waals surface area contributed by atoms with Gasteiger partial charge in [-0.1, -0.05) is 54.1 Å². The van der Waals surface area contributed by atoms with E-state index in [-0.39, 0.29) is 5.91 Å². The average molecular weight is 398 g/mol. The molecule has 0 aromatic heterocycles. The summed E-state index contributed by atoms with van der Waals surface area (Å²) in [6, 6.07) is 24.9. The van der Waals surface area contributed by atoms with Crippen molar-refractivity contribution in [1.82, 2.24) is 5.32 Å². The summed E-state index contributed by atoms with van der Waals surface area (Å²) in [5.74, 6) is 1.24. The summed E-state index contributed by atoms with van der Waals surface area (Å²) >= 11 is 7.56. The van der Waals surface area contributed by atoms with E-state index >= 15 is 0 Å². The maximum Gasteiger partial charge on any atom is 0.255 e. The van der Waals surface area contributed by atoms with E-state index in [1.54, 1.807) is 17.8 Å². The van der Waals surface area contributed by atoms with E-state index in [1.807, 2.05) is 72.8 Å². The molecular formula is C22H20ClNO2S. The third-order valence-electron chi connectivity index (χ3n) is 3.84. The standard InChI is InChI=1S/C22H20ClNO2S/c23-18-10-12-19(13-11-18)27-15-14-24-22(25)20-8-4-5-9-21(20)26-16-17-6-2-1-3-7-17/h1-13H,14-16H2,(H,24,25). The van der Waals surface area contributed by atoms with Crippen molar-refractivity contribution in [3.05, 3.63) is 95.0 Å². The lowest BCUT2D eigenvalue weighted by Gasteiger charge is -2.12. The van der Waals surface area contributed by atoms with Gasteiger partial charge in [0, 0.05) is 22.2 Å². The Morgan fingerprint density at radius 1 is 0.926 bits per heavy atom. The number of thioether (sulfide) groups is 1. The van der Waals surface area contributed by atoms with Gasteiger partial charge in [0.05, 0.1) is 5.56 Å². The molecule has 0 fully saturated rings. The molecule has 0 heterocycles. The maximum absolute atomic E-state index is 12.5. The number of carbonyl (C=O) groups is 1. The molecular weight excluding hydrogens is 378 g/mol. The van der Waals surface area contributed by atoms with Crippen LogP contribution < -0.4 is 10.1 Å². The lowest BCUT2D eigenvalue weighted by Crippen LogP contribution is -2.26. The predicted octanol–water partition coefficient (Wildman–Crippen LogP) is 5.44. The molecule has 27 heavy (non-hydrogen) atoms. The zero-order valence-corrected chi connectivity index (χ0v) is 16.3. The molecule has 0 bridgehead atoms. The molecule has 0 saturated carbocycles. The minimum atomic E-state index is -0.129. The number of amides is 1. The molecule has 0 spiro atoms. The van der Waals surface area contributed by atoms with Crippen LogP contribution in [0.5, 0.6) is 5.75 Å². The van der Waals surface area contributed by atoms with E-state index in [0.717, 1.165) is 21.2 Å². The van der Waals surface area contributed by atoms with E-state index in [2.05, 4.69) is 5.32 Å². The predicted molar refractivity (Wildman–Crippen MR) is 112 cm³/mol. The first-order valence-corrected chi connectivity index (χ1v) is 10.0. The van der Waals surface area contributed by atoms with Crippen LogP contribution in [0.3, 0.4) is 0 Å². The van der Waals surface area contributed by atoms with Crippen molar-refractivity contribution in [2.24, 2.45) is 0 Å². The van der Waals surface area contributed by atoms with E-state index < -0.39 is 0 Å². The fraction of sp³-hybridized carbons (Fsp3) is 0.136. The van der Waals surface area contributed by atoms with Crippen molar-refractivity contribution < 1.29 is 9.53 Å². The second kappa shape index (κ2) is 10.0. The summed E-state index contributed by atoms with van der Waals surface area (Å²) in [7, 11) is 0. The molecule has 138 valence electrons. The van der Waals surface area contributed by atoms with Gasteiger partial charge in [-0.05, 0) is 42.0 Å². The van der Waals surface area contributed by atoms with Gasteiger partial charge in [-0.15, -0.1) is 11.8 Å². The fourth-order valence-corrected chi connectivity index (χ4v) is 3.37. The van der Waals surface area contributed by atoms with Crippen LogP contribution in [0, 0.1) is 0 Å². The van der Waals surface area contributed by atoms with Gasteiger partial charge >= 0.3 is 0 Å². The Morgan fingerprint density at radius 2 is 1.63 bits per heavy atom. The lowest BCUT2D eigenvalue weighted by molar-refractivity contribution is 0.0951. The van der Waals surface area contributed by atoms with Gasteiger partial charge in [-0.25, -0.2) is 0 Å². The number of hydrogen-bond donors (Lipinski definition) is 1. The zero-order chi connectivity index (χ0) is 18.9. The Hall–Kier alpha value is -2.43. The second-order valence-corrected chi connectivity index (χ2v) is 7.43. The van der Waals surface area contributed by atoms with Crippen LogP contribution in [0.1, 0.15) is 15.9 Å². The van der Waals surface area contributed by atoms with Crippen LogP contribution in [0.4, 0.5) is 0 Å². The molecule has 0 saturated heterocycles. The number of para-hydroxylation sites is 1. The van der Waals surface area contributed by atoms with Crippen molar-refractivity contribution in [2.75, 3.05) is 12.3 Å². The number of ether oxygens (including phenoxy) is 1. The molecule has 5 heteroatoms.